The van der Waals surface area contributed by atoms with Gasteiger partial charge in [0, 0.05) is 49.5 Å². The summed E-state index contributed by atoms with van der Waals surface area (Å²) in [7, 11) is 0. The predicted octanol–water partition coefficient (Wildman–Crippen LogP) is 5.74. The lowest BCUT2D eigenvalue weighted by Gasteiger charge is -2.44. The number of nitrogen functional groups attached to an aromatic ring is 1. The van der Waals surface area contributed by atoms with Gasteiger partial charge in [0.1, 0.15) is 29.3 Å². The average molecular weight is 509 g/mol. The zero-order chi connectivity index (χ0) is 25.5. The van der Waals surface area contributed by atoms with Gasteiger partial charge in [-0.05, 0) is 74.9 Å². The summed E-state index contributed by atoms with van der Waals surface area (Å²) in [6.45, 7) is 5.06. The number of aromatic nitrogens is 3. The van der Waals surface area contributed by atoms with E-state index in [1.165, 1.54) is 64.7 Å². The maximum atomic E-state index is 6.43. The van der Waals surface area contributed by atoms with Gasteiger partial charge in [-0.25, -0.2) is 9.97 Å². The van der Waals surface area contributed by atoms with Crippen molar-refractivity contribution < 1.29 is 4.74 Å². The number of nitrogens with two attached hydrogens (primary N) is 1. The van der Waals surface area contributed by atoms with E-state index in [0.29, 0.717) is 17.9 Å². The second-order valence-corrected chi connectivity index (χ2v) is 11.1. The Balaban J connectivity index is 1.11. The molecule has 1 atom stereocenters. The van der Waals surface area contributed by atoms with Crippen LogP contribution in [0.25, 0.3) is 22.2 Å². The van der Waals surface area contributed by atoms with Crippen molar-refractivity contribution in [2.45, 2.75) is 56.7 Å². The number of fused-ring (bicyclic) bond motifs is 2. The Morgan fingerprint density at radius 3 is 2.29 bits per heavy atom. The minimum absolute atomic E-state index is 0.435. The molecule has 38 heavy (non-hydrogen) atoms. The van der Waals surface area contributed by atoms with E-state index in [1.807, 2.05) is 42.5 Å². The smallest absolute Gasteiger partial charge is 0.146 e. The number of rotatable bonds is 5. The topological polar surface area (TPSA) is 72.4 Å². The van der Waals surface area contributed by atoms with Gasteiger partial charge in [-0.15, -0.1) is 0 Å². The third-order valence-corrected chi connectivity index (χ3v) is 8.98. The first kappa shape index (κ1) is 23.7. The molecule has 2 aromatic carbocycles. The van der Waals surface area contributed by atoms with Crippen LogP contribution in [0.4, 0.5) is 5.82 Å². The summed E-state index contributed by atoms with van der Waals surface area (Å²) in [4.78, 5) is 14.6. The maximum Gasteiger partial charge on any atom is 0.146 e. The summed E-state index contributed by atoms with van der Waals surface area (Å²) in [6, 6.07) is 20.0. The average Bonchev–Trinajstić information content (AvgIpc) is 3.60. The zero-order valence-electron chi connectivity index (χ0n) is 21.9. The normalized spacial score (nSPS) is 24.5. The number of nitrogens with zero attached hydrogens (tertiary/aromatic N) is 5. The number of hydrogen-bond acceptors (Lipinski definition) is 6. The molecule has 7 heteroatoms. The maximum absolute atomic E-state index is 6.43. The molecular weight excluding hydrogens is 472 g/mol. The second-order valence-electron chi connectivity index (χ2n) is 11.1. The molecule has 7 nitrogen and oxygen atoms in total. The van der Waals surface area contributed by atoms with Crippen LogP contribution in [-0.4, -0.2) is 62.6 Å². The molecule has 1 aliphatic carbocycles. The van der Waals surface area contributed by atoms with E-state index in [-0.39, 0.29) is 0 Å². The van der Waals surface area contributed by atoms with Crippen molar-refractivity contribution >= 4 is 16.9 Å². The lowest BCUT2D eigenvalue weighted by atomic mass is 9.89. The summed E-state index contributed by atoms with van der Waals surface area (Å²) in [6.07, 6.45) is 11.5. The molecule has 2 aliphatic heterocycles. The van der Waals surface area contributed by atoms with E-state index >= 15 is 0 Å². The molecule has 4 heterocycles. The number of para-hydroxylation sites is 1. The van der Waals surface area contributed by atoms with E-state index in [0.717, 1.165) is 39.7 Å². The molecular formula is C31H36N6O. The highest BCUT2D eigenvalue weighted by atomic mass is 16.5. The third kappa shape index (κ3) is 4.44. The van der Waals surface area contributed by atoms with Gasteiger partial charge in [-0.1, -0.05) is 30.3 Å². The van der Waals surface area contributed by atoms with E-state index in [2.05, 4.69) is 37.7 Å². The van der Waals surface area contributed by atoms with Gasteiger partial charge in [0.25, 0.3) is 0 Å². The van der Waals surface area contributed by atoms with Crippen LogP contribution in [-0.2, 0) is 0 Å². The standard InChI is InChI=1S/C31H36N6O/c32-30-29-28(22-8-14-27(15-9-22)38-26-6-2-1-3-7-26)20-37(31(29)34-21-33-30)24-12-10-23(11-13-24)36-18-17-35-16-4-5-25(35)19-36/h1-3,6-9,14-15,20-21,23-25H,4-5,10-13,16-19H2,(H2,32,33,34)/t23-,24+,25-/m0/s1. The van der Waals surface area contributed by atoms with Crippen LogP contribution in [0.5, 0.6) is 11.5 Å². The van der Waals surface area contributed by atoms with E-state index in [4.69, 9.17) is 15.5 Å². The molecule has 7 rings (SSSR count). The molecule has 0 bridgehead atoms. The Morgan fingerprint density at radius 1 is 0.737 bits per heavy atom. The monoisotopic (exact) mass is 508 g/mol. The van der Waals surface area contributed by atoms with E-state index in [1.54, 1.807) is 6.33 Å². The van der Waals surface area contributed by atoms with Crippen LogP contribution in [0.3, 0.4) is 0 Å². The summed E-state index contributed by atoms with van der Waals surface area (Å²) < 4.78 is 8.38. The SMILES string of the molecule is Nc1ncnc2c1c(-c1ccc(Oc3ccccc3)cc1)cn2[C@H]1CC[C@@H](N2CCN3CCC[C@H]3C2)CC1. The van der Waals surface area contributed by atoms with Crippen molar-refractivity contribution in [3.05, 3.63) is 67.1 Å². The lowest BCUT2D eigenvalue weighted by Crippen LogP contribution is -2.54. The van der Waals surface area contributed by atoms with Crippen LogP contribution in [0.1, 0.15) is 44.6 Å². The molecule has 2 aromatic heterocycles. The molecule has 2 N–H and O–H groups in total. The van der Waals surface area contributed by atoms with Crippen LogP contribution in [0.2, 0.25) is 0 Å². The number of anilines is 1. The minimum Gasteiger partial charge on any atom is -0.457 e. The van der Waals surface area contributed by atoms with Gasteiger partial charge in [0.05, 0.1) is 5.39 Å². The number of piperazine rings is 1. The fourth-order valence-electron chi connectivity index (χ4n) is 6.98. The lowest BCUT2D eigenvalue weighted by molar-refractivity contribution is 0.0516. The Morgan fingerprint density at radius 2 is 1.47 bits per heavy atom. The highest BCUT2D eigenvalue weighted by molar-refractivity contribution is 6.00. The van der Waals surface area contributed by atoms with Gasteiger partial charge in [-0.2, -0.15) is 0 Å². The number of ether oxygens (including phenoxy) is 1. The molecule has 0 unspecified atom stereocenters. The van der Waals surface area contributed by atoms with E-state index < -0.39 is 0 Å². The number of benzene rings is 2. The summed E-state index contributed by atoms with van der Waals surface area (Å²) in [5.41, 5.74) is 9.56. The summed E-state index contributed by atoms with van der Waals surface area (Å²) in [5, 5.41) is 0.948. The first-order valence-corrected chi connectivity index (χ1v) is 14.2. The van der Waals surface area contributed by atoms with Crippen molar-refractivity contribution in [2.24, 2.45) is 0 Å². The van der Waals surface area contributed by atoms with Crippen molar-refractivity contribution in [2.75, 3.05) is 31.9 Å². The number of hydrogen-bond donors (Lipinski definition) is 1. The van der Waals surface area contributed by atoms with E-state index in [9.17, 15) is 0 Å². The first-order valence-electron chi connectivity index (χ1n) is 14.2. The molecule has 0 radical (unpaired) electrons. The highest BCUT2D eigenvalue weighted by Gasteiger charge is 2.35. The third-order valence-electron chi connectivity index (χ3n) is 8.98. The molecule has 3 aliphatic rings. The zero-order valence-corrected chi connectivity index (χ0v) is 21.9. The van der Waals surface area contributed by atoms with Crippen molar-refractivity contribution in [3.8, 4) is 22.6 Å². The van der Waals surface area contributed by atoms with Gasteiger partial charge < -0.3 is 15.0 Å². The van der Waals surface area contributed by atoms with Crippen LogP contribution >= 0.6 is 0 Å². The van der Waals surface area contributed by atoms with Gasteiger partial charge in [-0.3, -0.25) is 9.80 Å². The van der Waals surface area contributed by atoms with Crippen molar-refractivity contribution in [3.63, 3.8) is 0 Å². The Kier molecular flexibility index (Phi) is 6.26. The molecule has 4 aromatic rings. The summed E-state index contributed by atoms with van der Waals surface area (Å²) in [5.74, 6) is 2.18. The van der Waals surface area contributed by atoms with Gasteiger partial charge in [0.2, 0.25) is 0 Å². The Bertz CT molecular complexity index is 1390. The molecule has 0 amide bonds. The second kappa shape index (κ2) is 10.0. The predicted molar refractivity (Wildman–Crippen MR) is 151 cm³/mol. The van der Waals surface area contributed by atoms with Gasteiger partial charge in [0.15, 0.2) is 0 Å². The Labute approximate surface area is 224 Å². The highest BCUT2D eigenvalue weighted by Crippen LogP contribution is 2.40. The fraction of sp³-hybridized carbons (Fsp3) is 0.419. The Hall–Kier alpha value is -3.42. The van der Waals surface area contributed by atoms with Crippen molar-refractivity contribution in [1.82, 2.24) is 24.3 Å². The fourth-order valence-corrected chi connectivity index (χ4v) is 6.98. The van der Waals surface area contributed by atoms with Crippen LogP contribution < -0.4 is 10.5 Å². The molecule has 1 saturated carbocycles. The first-order chi connectivity index (χ1) is 18.7. The molecule has 3 fully saturated rings. The van der Waals surface area contributed by atoms with Crippen LogP contribution in [0, 0.1) is 0 Å². The largest absolute Gasteiger partial charge is 0.457 e. The van der Waals surface area contributed by atoms with Gasteiger partial charge >= 0.3 is 0 Å². The molecule has 0 spiro atoms. The summed E-state index contributed by atoms with van der Waals surface area (Å²) >= 11 is 0. The molecule has 196 valence electrons. The van der Waals surface area contributed by atoms with Crippen molar-refractivity contribution in [1.29, 1.82) is 0 Å². The minimum atomic E-state index is 0.435. The van der Waals surface area contributed by atoms with Crippen LogP contribution in [0.15, 0.2) is 67.1 Å². The molecule has 2 saturated heterocycles. The quantitative estimate of drug-likeness (QED) is 0.371.